The van der Waals surface area contributed by atoms with Crippen LogP contribution in [0, 0.1) is 6.92 Å². The number of ether oxygens (including phenoxy) is 1. The first-order chi connectivity index (χ1) is 13.9. The Bertz CT molecular complexity index is 1090. The van der Waals surface area contributed by atoms with E-state index in [0.29, 0.717) is 17.9 Å². The molecule has 1 heterocycles. The minimum absolute atomic E-state index is 0.118. The van der Waals surface area contributed by atoms with Crippen LogP contribution in [-0.2, 0) is 21.2 Å². The second kappa shape index (κ2) is 9.06. The third-order valence-electron chi connectivity index (χ3n) is 4.17. The Kier molecular flexibility index (Phi) is 6.50. The summed E-state index contributed by atoms with van der Waals surface area (Å²) in [6.45, 7) is 1.93. The van der Waals surface area contributed by atoms with Crippen LogP contribution in [0.1, 0.15) is 17.7 Å². The van der Waals surface area contributed by atoms with Crippen molar-refractivity contribution >= 4 is 38.1 Å². The molecule has 0 saturated carbocycles. The molecule has 7 nitrogen and oxygen atoms in total. The topological polar surface area (TPSA) is 97.4 Å². The van der Waals surface area contributed by atoms with Gasteiger partial charge in [-0.3, -0.25) is 9.52 Å². The van der Waals surface area contributed by atoms with Crippen LogP contribution in [0.5, 0.6) is 5.75 Å². The molecule has 0 aliphatic rings. The van der Waals surface area contributed by atoms with Crippen molar-refractivity contribution < 1.29 is 17.9 Å². The number of anilines is 2. The fraction of sp³-hybridized carbons (Fsp3) is 0.200. The van der Waals surface area contributed by atoms with Crippen LogP contribution in [0.2, 0.25) is 0 Å². The van der Waals surface area contributed by atoms with Gasteiger partial charge in [0.05, 0.1) is 17.7 Å². The SMILES string of the molecule is COc1ccc(S(=O)(=O)Nc2nc(CCC(=O)Nc3ccccc3C)cs2)cc1. The van der Waals surface area contributed by atoms with Crippen molar-refractivity contribution in [2.45, 2.75) is 24.7 Å². The van der Waals surface area contributed by atoms with Gasteiger partial charge >= 0.3 is 0 Å². The van der Waals surface area contributed by atoms with Crippen molar-refractivity contribution in [3.63, 3.8) is 0 Å². The van der Waals surface area contributed by atoms with Crippen LogP contribution in [0.4, 0.5) is 10.8 Å². The maximum atomic E-state index is 12.5. The van der Waals surface area contributed by atoms with E-state index in [1.54, 1.807) is 17.5 Å². The Balaban J connectivity index is 1.57. The van der Waals surface area contributed by atoms with Crippen molar-refractivity contribution in [3.8, 4) is 5.75 Å². The standard InChI is InChI=1S/C20H21N3O4S2/c1-14-5-3-4-6-18(14)22-19(24)12-7-15-13-28-20(21-15)23-29(25,26)17-10-8-16(27-2)9-11-17/h3-6,8-11,13H,7,12H2,1-2H3,(H,21,23)(H,22,24). The van der Waals surface area contributed by atoms with E-state index in [-0.39, 0.29) is 22.4 Å². The highest BCUT2D eigenvalue weighted by Gasteiger charge is 2.16. The number of aromatic nitrogens is 1. The number of hydrogen-bond donors (Lipinski definition) is 2. The highest BCUT2D eigenvalue weighted by atomic mass is 32.2. The van der Waals surface area contributed by atoms with Crippen molar-refractivity contribution in [2.75, 3.05) is 17.1 Å². The smallest absolute Gasteiger partial charge is 0.263 e. The zero-order chi connectivity index (χ0) is 20.9. The Morgan fingerprint density at radius 3 is 2.55 bits per heavy atom. The Morgan fingerprint density at radius 1 is 1.14 bits per heavy atom. The predicted octanol–water partition coefficient (Wildman–Crippen LogP) is 3.83. The number of benzene rings is 2. The summed E-state index contributed by atoms with van der Waals surface area (Å²) in [5.74, 6) is 0.456. The van der Waals surface area contributed by atoms with Crippen LogP contribution in [0.15, 0.2) is 58.8 Å². The molecule has 152 valence electrons. The molecular formula is C20H21N3O4S2. The molecule has 3 rings (SSSR count). The third-order valence-corrected chi connectivity index (χ3v) is 6.46. The summed E-state index contributed by atoms with van der Waals surface area (Å²) in [7, 11) is -2.22. The summed E-state index contributed by atoms with van der Waals surface area (Å²) in [5.41, 5.74) is 2.43. The van der Waals surface area contributed by atoms with E-state index in [1.165, 1.54) is 30.6 Å². The maximum Gasteiger partial charge on any atom is 0.263 e. The molecule has 2 aromatic carbocycles. The monoisotopic (exact) mass is 431 g/mol. The molecule has 0 aliphatic carbocycles. The number of aryl methyl sites for hydroxylation is 2. The molecule has 9 heteroatoms. The molecule has 0 unspecified atom stereocenters. The van der Waals surface area contributed by atoms with Crippen LogP contribution in [0.25, 0.3) is 0 Å². The lowest BCUT2D eigenvalue weighted by molar-refractivity contribution is -0.116. The first kappa shape index (κ1) is 20.8. The van der Waals surface area contributed by atoms with E-state index in [2.05, 4.69) is 15.0 Å². The number of carbonyl (C=O) groups is 1. The van der Waals surface area contributed by atoms with Crippen molar-refractivity contribution in [1.29, 1.82) is 0 Å². The molecule has 0 atom stereocenters. The van der Waals surface area contributed by atoms with E-state index in [9.17, 15) is 13.2 Å². The molecule has 0 spiro atoms. The van der Waals surface area contributed by atoms with Crippen LogP contribution < -0.4 is 14.8 Å². The number of thiazole rings is 1. The van der Waals surface area contributed by atoms with E-state index >= 15 is 0 Å². The van der Waals surface area contributed by atoms with Crippen molar-refractivity contribution in [1.82, 2.24) is 4.98 Å². The third kappa shape index (κ3) is 5.55. The molecule has 3 aromatic rings. The van der Waals surface area contributed by atoms with Crippen LogP contribution in [-0.4, -0.2) is 26.4 Å². The molecule has 29 heavy (non-hydrogen) atoms. The number of rotatable bonds is 8. The minimum atomic E-state index is -3.74. The molecule has 1 amide bonds. The first-order valence-electron chi connectivity index (χ1n) is 8.84. The summed E-state index contributed by atoms with van der Waals surface area (Å²) >= 11 is 1.18. The van der Waals surface area contributed by atoms with E-state index < -0.39 is 10.0 Å². The van der Waals surface area contributed by atoms with Crippen molar-refractivity contribution in [3.05, 3.63) is 65.2 Å². The normalized spacial score (nSPS) is 11.1. The number of hydrogen-bond acceptors (Lipinski definition) is 6. The highest BCUT2D eigenvalue weighted by Crippen LogP contribution is 2.22. The lowest BCUT2D eigenvalue weighted by atomic mass is 10.2. The molecule has 0 aliphatic heterocycles. The van der Waals surface area contributed by atoms with Gasteiger partial charge in [-0.05, 0) is 49.2 Å². The number of carbonyl (C=O) groups excluding carboxylic acids is 1. The number of sulfonamides is 1. The molecular weight excluding hydrogens is 410 g/mol. The number of methoxy groups -OCH3 is 1. The van der Waals surface area contributed by atoms with Gasteiger partial charge in [-0.1, -0.05) is 18.2 Å². The number of nitrogens with zero attached hydrogens (tertiary/aromatic N) is 1. The molecule has 0 radical (unpaired) electrons. The minimum Gasteiger partial charge on any atom is -0.497 e. The van der Waals surface area contributed by atoms with Gasteiger partial charge in [-0.2, -0.15) is 0 Å². The summed E-state index contributed by atoms with van der Waals surface area (Å²) in [4.78, 5) is 16.5. The Hall–Kier alpha value is -2.91. The highest BCUT2D eigenvalue weighted by molar-refractivity contribution is 7.93. The maximum absolute atomic E-state index is 12.5. The summed E-state index contributed by atoms with van der Waals surface area (Å²) in [5, 5.41) is 4.87. The van der Waals surface area contributed by atoms with Gasteiger partial charge in [0.15, 0.2) is 5.13 Å². The van der Waals surface area contributed by atoms with Crippen LogP contribution >= 0.6 is 11.3 Å². The van der Waals surface area contributed by atoms with E-state index in [0.717, 1.165) is 11.3 Å². The summed E-state index contributed by atoms with van der Waals surface area (Å²) in [6, 6.07) is 13.6. The largest absolute Gasteiger partial charge is 0.497 e. The number of para-hydroxylation sites is 1. The number of amides is 1. The molecule has 0 saturated heterocycles. The second-order valence-electron chi connectivity index (χ2n) is 6.29. The summed E-state index contributed by atoms with van der Waals surface area (Å²) in [6.07, 6.45) is 0.668. The molecule has 2 N–H and O–H groups in total. The second-order valence-corrected chi connectivity index (χ2v) is 8.83. The van der Waals surface area contributed by atoms with Gasteiger partial charge in [-0.25, -0.2) is 13.4 Å². The van der Waals surface area contributed by atoms with Gasteiger partial charge in [0.2, 0.25) is 5.91 Å². The average molecular weight is 432 g/mol. The summed E-state index contributed by atoms with van der Waals surface area (Å²) < 4.78 is 32.4. The average Bonchev–Trinajstić information content (AvgIpc) is 3.15. The fourth-order valence-electron chi connectivity index (χ4n) is 2.56. The predicted molar refractivity (Wildman–Crippen MR) is 114 cm³/mol. The number of nitrogens with one attached hydrogen (secondary N) is 2. The Morgan fingerprint density at radius 2 is 1.86 bits per heavy atom. The first-order valence-corrected chi connectivity index (χ1v) is 11.2. The fourth-order valence-corrected chi connectivity index (χ4v) is 4.56. The zero-order valence-electron chi connectivity index (χ0n) is 16.0. The van der Waals surface area contributed by atoms with Gasteiger partial charge in [0.1, 0.15) is 5.75 Å². The van der Waals surface area contributed by atoms with Gasteiger partial charge in [0.25, 0.3) is 10.0 Å². The quantitative estimate of drug-likeness (QED) is 0.565. The zero-order valence-corrected chi connectivity index (χ0v) is 17.6. The van der Waals surface area contributed by atoms with Gasteiger partial charge < -0.3 is 10.1 Å². The Labute approximate surface area is 173 Å². The lowest BCUT2D eigenvalue weighted by Crippen LogP contribution is -2.14. The van der Waals surface area contributed by atoms with Crippen LogP contribution in [0.3, 0.4) is 0 Å². The molecule has 0 bridgehead atoms. The molecule has 1 aromatic heterocycles. The van der Waals surface area contributed by atoms with E-state index in [1.807, 2.05) is 31.2 Å². The van der Waals surface area contributed by atoms with Crippen molar-refractivity contribution in [2.24, 2.45) is 0 Å². The van der Waals surface area contributed by atoms with Gasteiger partial charge in [0, 0.05) is 17.5 Å². The van der Waals surface area contributed by atoms with E-state index in [4.69, 9.17) is 4.74 Å². The molecule has 0 fully saturated rings. The lowest BCUT2D eigenvalue weighted by Gasteiger charge is -2.07. The van der Waals surface area contributed by atoms with Gasteiger partial charge in [-0.15, -0.1) is 11.3 Å².